The van der Waals surface area contributed by atoms with Crippen LogP contribution in [0.5, 0.6) is 0 Å². The number of hydrogen-bond acceptors (Lipinski definition) is 2. The van der Waals surface area contributed by atoms with Crippen LogP contribution in [0.3, 0.4) is 0 Å². The number of aromatic nitrogens is 1. The summed E-state index contributed by atoms with van der Waals surface area (Å²) < 4.78 is 0. The predicted octanol–water partition coefficient (Wildman–Crippen LogP) is 4.52. The van der Waals surface area contributed by atoms with Crippen molar-refractivity contribution in [2.75, 3.05) is 0 Å². The number of carbonyl (C=O) groups is 1. The summed E-state index contributed by atoms with van der Waals surface area (Å²) in [6.07, 6.45) is 2.20. The standard InChI is InChI=1S/C18H21NO2/c1-4-5-13-6-8-14(9-7-13)16-11-10-15(18(20)21)17(19-16)12(2)3/h6-12H,4-5H2,1-3H3,(H,20,21). The average Bonchev–Trinajstić information content (AvgIpc) is 2.47. The first-order valence-corrected chi connectivity index (χ1v) is 7.36. The van der Waals surface area contributed by atoms with Crippen LogP contribution in [0.4, 0.5) is 0 Å². The Balaban J connectivity index is 2.40. The smallest absolute Gasteiger partial charge is 0.337 e. The number of nitrogens with zero attached hydrogens (tertiary/aromatic N) is 1. The SMILES string of the molecule is CCCc1ccc(-c2ccc(C(=O)O)c(C(C)C)n2)cc1. The lowest BCUT2D eigenvalue weighted by molar-refractivity contribution is 0.0694. The Bertz CT molecular complexity index is 630. The molecule has 1 heterocycles. The molecule has 0 saturated heterocycles. The molecule has 2 aromatic rings. The van der Waals surface area contributed by atoms with Crippen LogP contribution < -0.4 is 0 Å². The summed E-state index contributed by atoms with van der Waals surface area (Å²) in [6, 6.07) is 11.8. The topological polar surface area (TPSA) is 50.2 Å². The first kappa shape index (κ1) is 15.2. The van der Waals surface area contributed by atoms with Crippen molar-refractivity contribution in [3.05, 3.63) is 53.2 Å². The van der Waals surface area contributed by atoms with Gasteiger partial charge in [0.2, 0.25) is 0 Å². The minimum Gasteiger partial charge on any atom is -0.478 e. The highest BCUT2D eigenvalue weighted by atomic mass is 16.4. The van der Waals surface area contributed by atoms with Crippen molar-refractivity contribution in [3.8, 4) is 11.3 Å². The van der Waals surface area contributed by atoms with Gasteiger partial charge in [0.1, 0.15) is 0 Å². The molecular weight excluding hydrogens is 262 g/mol. The molecule has 0 radical (unpaired) electrons. The molecule has 0 atom stereocenters. The van der Waals surface area contributed by atoms with Gasteiger partial charge in [0.25, 0.3) is 0 Å². The molecule has 1 N–H and O–H groups in total. The van der Waals surface area contributed by atoms with Crippen LogP contribution in [0.15, 0.2) is 36.4 Å². The van der Waals surface area contributed by atoms with Gasteiger partial charge in [0.15, 0.2) is 0 Å². The van der Waals surface area contributed by atoms with Gasteiger partial charge in [-0.25, -0.2) is 4.79 Å². The molecule has 1 aromatic carbocycles. The lowest BCUT2D eigenvalue weighted by atomic mass is 10.0. The van der Waals surface area contributed by atoms with E-state index in [2.05, 4.69) is 36.2 Å². The summed E-state index contributed by atoms with van der Waals surface area (Å²) >= 11 is 0. The Morgan fingerprint density at radius 3 is 2.33 bits per heavy atom. The second-order valence-corrected chi connectivity index (χ2v) is 5.54. The number of aromatic carboxylic acids is 1. The number of benzene rings is 1. The first-order chi connectivity index (χ1) is 10.0. The Morgan fingerprint density at radius 1 is 1.14 bits per heavy atom. The van der Waals surface area contributed by atoms with Crippen molar-refractivity contribution < 1.29 is 9.90 Å². The number of carboxylic acid groups (broad SMARTS) is 1. The van der Waals surface area contributed by atoms with E-state index in [0.29, 0.717) is 5.69 Å². The van der Waals surface area contributed by atoms with E-state index in [-0.39, 0.29) is 11.5 Å². The molecule has 1 aromatic heterocycles. The Kier molecular flexibility index (Phi) is 4.73. The lowest BCUT2D eigenvalue weighted by Crippen LogP contribution is -2.07. The highest BCUT2D eigenvalue weighted by molar-refractivity contribution is 5.89. The van der Waals surface area contributed by atoms with Gasteiger partial charge in [0.05, 0.1) is 17.0 Å². The fourth-order valence-corrected chi connectivity index (χ4v) is 2.39. The van der Waals surface area contributed by atoms with Crippen molar-refractivity contribution in [1.82, 2.24) is 4.98 Å². The summed E-state index contributed by atoms with van der Waals surface area (Å²) in [5.74, 6) is -0.841. The molecule has 0 fully saturated rings. The van der Waals surface area contributed by atoms with Gasteiger partial charge < -0.3 is 5.11 Å². The van der Waals surface area contributed by atoms with Crippen LogP contribution in [0.1, 0.15) is 54.7 Å². The first-order valence-electron chi connectivity index (χ1n) is 7.36. The molecular formula is C18H21NO2. The van der Waals surface area contributed by atoms with Crippen molar-refractivity contribution in [1.29, 1.82) is 0 Å². The normalized spacial score (nSPS) is 10.9. The molecule has 0 aliphatic rings. The molecule has 2 rings (SSSR count). The van der Waals surface area contributed by atoms with E-state index in [1.807, 2.05) is 13.8 Å². The second kappa shape index (κ2) is 6.53. The van der Waals surface area contributed by atoms with Crippen molar-refractivity contribution in [3.63, 3.8) is 0 Å². The van der Waals surface area contributed by atoms with Crippen LogP contribution in [0.2, 0.25) is 0 Å². The molecule has 0 unspecified atom stereocenters. The zero-order valence-corrected chi connectivity index (χ0v) is 12.8. The summed E-state index contributed by atoms with van der Waals surface area (Å²) in [5.41, 5.74) is 4.09. The second-order valence-electron chi connectivity index (χ2n) is 5.54. The molecule has 0 saturated carbocycles. The third-order valence-corrected chi connectivity index (χ3v) is 3.49. The zero-order chi connectivity index (χ0) is 15.4. The molecule has 21 heavy (non-hydrogen) atoms. The van der Waals surface area contributed by atoms with Crippen LogP contribution in [0.25, 0.3) is 11.3 Å². The summed E-state index contributed by atoms with van der Waals surface area (Å²) in [5, 5.41) is 9.23. The quantitative estimate of drug-likeness (QED) is 0.877. The van der Waals surface area contributed by atoms with Crippen LogP contribution >= 0.6 is 0 Å². The Hall–Kier alpha value is -2.16. The number of hydrogen-bond donors (Lipinski definition) is 1. The third kappa shape index (κ3) is 3.48. The van der Waals surface area contributed by atoms with Gasteiger partial charge >= 0.3 is 5.97 Å². The molecule has 0 aliphatic carbocycles. The van der Waals surface area contributed by atoms with Crippen LogP contribution in [-0.2, 0) is 6.42 Å². The lowest BCUT2D eigenvalue weighted by Gasteiger charge is -2.11. The van der Waals surface area contributed by atoms with E-state index >= 15 is 0 Å². The summed E-state index contributed by atoms with van der Waals surface area (Å²) in [6.45, 7) is 6.08. The fourth-order valence-electron chi connectivity index (χ4n) is 2.39. The maximum Gasteiger partial charge on any atom is 0.337 e. The number of carboxylic acids is 1. The van der Waals surface area contributed by atoms with Gasteiger partial charge in [-0.2, -0.15) is 0 Å². The largest absolute Gasteiger partial charge is 0.478 e. The average molecular weight is 283 g/mol. The number of aryl methyl sites for hydroxylation is 1. The third-order valence-electron chi connectivity index (χ3n) is 3.49. The highest BCUT2D eigenvalue weighted by Crippen LogP contribution is 2.24. The Labute approximate surface area is 125 Å². The van der Waals surface area contributed by atoms with E-state index in [0.717, 1.165) is 24.1 Å². The monoisotopic (exact) mass is 283 g/mol. The molecule has 3 heteroatoms. The predicted molar refractivity (Wildman–Crippen MR) is 84.7 cm³/mol. The summed E-state index contributed by atoms with van der Waals surface area (Å²) in [7, 11) is 0. The van der Waals surface area contributed by atoms with Gasteiger partial charge in [0, 0.05) is 5.56 Å². The van der Waals surface area contributed by atoms with E-state index in [4.69, 9.17) is 0 Å². The summed E-state index contributed by atoms with van der Waals surface area (Å²) in [4.78, 5) is 15.8. The molecule has 0 amide bonds. The Morgan fingerprint density at radius 2 is 1.81 bits per heavy atom. The molecule has 3 nitrogen and oxygen atoms in total. The van der Waals surface area contributed by atoms with Crippen LogP contribution in [-0.4, -0.2) is 16.1 Å². The van der Waals surface area contributed by atoms with Gasteiger partial charge in [-0.3, -0.25) is 4.98 Å². The molecule has 0 bridgehead atoms. The molecule has 0 spiro atoms. The van der Waals surface area contributed by atoms with Crippen molar-refractivity contribution >= 4 is 5.97 Å². The van der Waals surface area contributed by atoms with E-state index in [1.54, 1.807) is 12.1 Å². The zero-order valence-electron chi connectivity index (χ0n) is 12.8. The van der Waals surface area contributed by atoms with E-state index in [1.165, 1.54) is 5.56 Å². The van der Waals surface area contributed by atoms with E-state index < -0.39 is 5.97 Å². The van der Waals surface area contributed by atoms with Crippen molar-refractivity contribution in [2.24, 2.45) is 0 Å². The maximum atomic E-state index is 11.3. The fraction of sp³-hybridized carbons (Fsp3) is 0.333. The minimum absolute atomic E-state index is 0.0791. The highest BCUT2D eigenvalue weighted by Gasteiger charge is 2.15. The number of pyridine rings is 1. The van der Waals surface area contributed by atoms with Crippen molar-refractivity contribution in [2.45, 2.75) is 39.5 Å². The van der Waals surface area contributed by atoms with Gasteiger partial charge in [-0.15, -0.1) is 0 Å². The molecule has 110 valence electrons. The van der Waals surface area contributed by atoms with Crippen LogP contribution in [0, 0.1) is 0 Å². The molecule has 0 aliphatic heterocycles. The minimum atomic E-state index is -0.920. The maximum absolute atomic E-state index is 11.3. The van der Waals surface area contributed by atoms with Gasteiger partial charge in [-0.1, -0.05) is 51.5 Å². The van der Waals surface area contributed by atoms with Gasteiger partial charge in [-0.05, 0) is 30.0 Å². The number of rotatable bonds is 5. The van der Waals surface area contributed by atoms with E-state index in [9.17, 15) is 9.90 Å².